The number of carbonyl (C=O) groups is 3. The summed E-state index contributed by atoms with van der Waals surface area (Å²) in [7, 11) is 0. The highest BCUT2D eigenvalue weighted by Gasteiger charge is 2.17. The van der Waals surface area contributed by atoms with E-state index >= 15 is 0 Å². The van der Waals surface area contributed by atoms with E-state index in [1.165, 1.54) is 6.07 Å². The van der Waals surface area contributed by atoms with Crippen molar-refractivity contribution < 1.29 is 23.9 Å². The number of nitrogens with two attached hydrogens (primary N) is 1. The van der Waals surface area contributed by atoms with Gasteiger partial charge in [0.15, 0.2) is 0 Å². The normalized spacial score (nSPS) is 11.4. The van der Waals surface area contributed by atoms with Gasteiger partial charge >= 0.3 is 0 Å². The Labute approximate surface area is 242 Å². The van der Waals surface area contributed by atoms with E-state index in [1.807, 2.05) is 30.5 Å². The number of nitrogens with zero attached hydrogens (tertiary/aromatic N) is 2. The number of fused-ring (bicyclic) bond motifs is 1. The Morgan fingerprint density at radius 2 is 1.74 bits per heavy atom. The molecule has 2 aromatic heterocycles. The number of aryl methyl sites for hydroxylation is 1. The van der Waals surface area contributed by atoms with Gasteiger partial charge in [-0.1, -0.05) is 18.2 Å². The maximum Gasteiger partial charge on any atom is 0.255 e. The Bertz CT molecular complexity index is 1750. The zero-order valence-corrected chi connectivity index (χ0v) is 23.3. The van der Waals surface area contributed by atoms with Gasteiger partial charge in [-0.3, -0.25) is 19.1 Å². The number of carbonyl (C=O) groups excluding carboxylic acids is 3. The van der Waals surface area contributed by atoms with Gasteiger partial charge in [0.05, 0.1) is 23.6 Å². The van der Waals surface area contributed by atoms with Crippen molar-refractivity contribution in [3.8, 4) is 11.1 Å². The first kappa shape index (κ1) is 28.3. The summed E-state index contributed by atoms with van der Waals surface area (Å²) in [4.78, 5) is 37.6. The highest BCUT2D eigenvalue weighted by molar-refractivity contribution is 6.09. The molecule has 0 unspecified atom stereocenters. The number of hydrogen-bond acceptors (Lipinski definition) is 6. The zero-order chi connectivity index (χ0) is 29.9. The maximum absolute atomic E-state index is 13.3. The summed E-state index contributed by atoms with van der Waals surface area (Å²) in [6, 6.07) is 18.7. The minimum Gasteiger partial charge on any atom is -0.472 e. The number of furan rings is 1. The Balaban J connectivity index is 1.46. The second-order valence-electron chi connectivity index (χ2n) is 10.7. The van der Waals surface area contributed by atoms with Crippen molar-refractivity contribution in [3.05, 3.63) is 108 Å². The average Bonchev–Trinajstić information content (AvgIpc) is 3.64. The van der Waals surface area contributed by atoms with E-state index in [2.05, 4.69) is 15.7 Å². The van der Waals surface area contributed by atoms with E-state index in [4.69, 9.17) is 10.2 Å². The molecule has 0 atom stereocenters. The van der Waals surface area contributed by atoms with Crippen LogP contribution < -0.4 is 16.4 Å². The van der Waals surface area contributed by atoms with Crippen molar-refractivity contribution in [1.29, 1.82) is 0 Å². The molecule has 0 bridgehead atoms. The molecule has 2 heterocycles. The summed E-state index contributed by atoms with van der Waals surface area (Å²) in [5.41, 5.74) is 9.09. The lowest BCUT2D eigenvalue weighted by molar-refractivity contribution is 0.0651. The molecule has 0 spiro atoms. The standard InChI is InChI=1S/C32H31N5O5/c1-32(2,41)11-12-37-18-25-15-28(35-31(40)24-5-3-4-23(14-24)29(33)38)26(16-27(25)36-37)21-6-8-22(9-7-21)30(39)34-17-20-10-13-42-19-20/h3-10,13-16,18-19,41H,11-12,17H2,1-2H3,(H2,33,38)(H,34,39)(H,35,40). The van der Waals surface area contributed by atoms with Gasteiger partial charge in [-0.05, 0) is 74.4 Å². The number of nitrogens with one attached hydrogen (secondary N) is 2. The molecule has 5 N–H and O–H groups in total. The molecule has 0 saturated carbocycles. The third-order valence-electron chi connectivity index (χ3n) is 6.79. The molecule has 10 heteroatoms. The van der Waals surface area contributed by atoms with Gasteiger partial charge in [0.1, 0.15) is 0 Å². The van der Waals surface area contributed by atoms with E-state index in [0.29, 0.717) is 41.8 Å². The van der Waals surface area contributed by atoms with Gasteiger partial charge in [0, 0.05) is 58.2 Å². The van der Waals surface area contributed by atoms with Crippen molar-refractivity contribution in [2.75, 3.05) is 5.32 Å². The highest BCUT2D eigenvalue weighted by Crippen LogP contribution is 2.33. The number of hydrogen-bond donors (Lipinski definition) is 4. The lowest BCUT2D eigenvalue weighted by Gasteiger charge is -2.16. The van der Waals surface area contributed by atoms with Crippen LogP contribution >= 0.6 is 0 Å². The van der Waals surface area contributed by atoms with Crippen molar-refractivity contribution in [2.24, 2.45) is 5.73 Å². The van der Waals surface area contributed by atoms with Crippen LogP contribution in [0.1, 0.15) is 56.9 Å². The molecule has 3 aromatic carbocycles. The predicted octanol–water partition coefficient (Wildman–Crippen LogP) is 4.74. The molecule has 0 aliphatic rings. The van der Waals surface area contributed by atoms with Crippen molar-refractivity contribution in [1.82, 2.24) is 15.1 Å². The van der Waals surface area contributed by atoms with E-state index < -0.39 is 17.4 Å². The average molecular weight is 566 g/mol. The fourth-order valence-corrected chi connectivity index (χ4v) is 4.45. The molecule has 5 aromatic rings. The molecule has 0 saturated heterocycles. The Hall–Kier alpha value is -5.22. The third-order valence-corrected chi connectivity index (χ3v) is 6.79. The Morgan fingerprint density at radius 3 is 2.43 bits per heavy atom. The van der Waals surface area contributed by atoms with Gasteiger partial charge in [-0.25, -0.2) is 0 Å². The predicted molar refractivity (Wildman–Crippen MR) is 159 cm³/mol. The van der Waals surface area contributed by atoms with E-state index in [-0.39, 0.29) is 17.0 Å². The summed E-state index contributed by atoms with van der Waals surface area (Å²) in [6.45, 7) is 4.35. The topological polar surface area (TPSA) is 152 Å². The molecule has 3 amide bonds. The number of primary amides is 1. The number of aliphatic hydroxyl groups is 1. The van der Waals surface area contributed by atoms with Gasteiger partial charge in [-0.15, -0.1) is 0 Å². The second-order valence-corrected chi connectivity index (χ2v) is 10.7. The smallest absolute Gasteiger partial charge is 0.255 e. The van der Waals surface area contributed by atoms with Crippen LogP contribution in [0.15, 0.2) is 89.9 Å². The molecular weight excluding hydrogens is 534 g/mol. The first-order valence-corrected chi connectivity index (χ1v) is 13.4. The maximum atomic E-state index is 13.3. The number of aromatic nitrogens is 2. The van der Waals surface area contributed by atoms with Crippen LogP contribution in [-0.2, 0) is 13.1 Å². The second kappa shape index (κ2) is 11.7. The number of anilines is 1. The van der Waals surface area contributed by atoms with Crippen molar-refractivity contribution in [2.45, 2.75) is 39.0 Å². The molecule has 42 heavy (non-hydrogen) atoms. The molecule has 0 aliphatic carbocycles. The number of amides is 3. The van der Waals surface area contributed by atoms with E-state index in [9.17, 15) is 19.5 Å². The molecule has 0 fully saturated rings. The van der Waals surface area contributed by atoms with Crippen LogP contribution in [0.5, 0.6) is 0 Å². The van der Waals surface area contributed by atoms with Gasteiger partial charge in [0.25, 0.3) is 11.8 Å². The fourth-order valence-electron chi connectivity index (χ4n) is 4.45. The lowest BCUT2D eigenvalue weighted by atomic mass is 10.00. The zero-order valence-electron chi connectivity index (χ0n) is 23.3. The molecule has 214 valence electrons. The highest BCUT2D eigenvalue weighted by atomic mass is 16.3. The molecule has 0 radical (unpaired) electrons. The largest absolute Gasteiger partial charge is 0.472 e. The first-order valence-electron chi connectivity index (χ1n) is 13.4. The first-order chi connectivity index (χ1) is 20.1. The summed E-state index contributed by atoms with van der Waals surface area (Å²) in [6.07, 6.45) is 5.50. The van der Waals surface area contributed by atoms with E-state index in [1.54, 1.807) is 67.5 Å². The Kier molecular flexibility index (Phi) is 7.90. The SMILES string of the molecule is CC(C)(O)CCn1cc2cc(NC(=O)c3cccc(C(N)=O)c3)c(-c3ccc(C(=O)NCc4ccoc4)cc3)cc2n1. The number of benzene rings is 3. The summed E-state index contributed by atoms with van der Waals surface area (Å²) in [5.74, 6) is -1.27. The monoisotopic (exact) mass is 565 g/mol. The van der Waals surface area contributed by atoms with E-state index in [0.717, 1.165) is 16.5 Å². The fraction of sp³-hybridized carbons (Fsp3) is 0.188. The van der Waals surface area contributed by atoms with Crippen molar-refractivity contribution in [3.63, 3.8) is 0 Å². The molecule has 10 nitrogen and oxygen atoms in total. The number of rotatable bonds is 10. The summed E-state index contributed by atoms with van der Waals surface area (Å²) >= 11 is 0. The van der Waals surface area contributed by atoms with Gasteiger partial charge < -0.3 is 25.9 Å². The molecule has 5 rings (SSSR count). The quantitative estimate of drug-likeness (QED) is 0.192. The lowest BCUT2D eigenvalue weighted by Crippen LogP contribution is -2.22. The molecule has 0 aliphatic heterocycles. The third kappa shape index (κ3) is 6.73. The van der Waals surface area contributed by atoms with Crippen LogP contribution in [0.4, 0.5) is 5.69 Å². The molecular formula is C32H31N5O5. The van der Waals surface area contributed by atoms with Crippen molar-refractivity contribution >= 4 is 34.3 Å². The van der Waals surface area contributed by atoms with Gasteiger partial charge in [-0.2, -0.15) is 5.10 Å². The summed E-state index contributed by atoms with van der Waals surface area (Å²) in [5, 5.41) is 21.4. The minimum absolute atomic E-state index is 0.230. The van der Waals surface area contributed by atoms with Gasteiger partial charge in [0.2, 0.25) is 5.91 Å². The van der Waals surface area contributed by atoms with Crippen LogP contribution in [0.3, 0.4) is 0 Å². The minimum atomic E-state index is -0.839. The summed E-state index contributed by atoms with van der Waals surface area (Å²) < 4.78 is 6.81. The Morgan fingerprint density at radius 1 is 0.976 bits per heavy atom. The van der Waals surface area contributed by atoms with Crippen LogP contribution in [0.2, 0.25) is 0 Å². The van der Waals surface area contributed by atoms with Crippen LogP contribution in [0, 0.1) is 0 Å². The van der Waals surface area contributed by atoms with Crippen LogP contribution in [0.25, 0.3) is 22.0 Å². The van der Waals surface area contributed by atoms with Crippen LogP contribution in [-0.4, -0.2) is 38.2 Å².